The van der Waals surface area contributed by atoms with Crippen LogP contribution in [0, 0.1) is 0 Å². The largest absolute Gasteiger partial charge is 0.484 e. The van der Waals surface area contributed by atoms with Crippen molar-refractivity contribution in [1.82, 2.24) is 5.32 Å². The van der Waals surface area contributed by atoms with Gasteiger partial charge in [0.2, 0.25) is 0 Å². The summed E-state index contributed by atoms with van der Waals surface area (Å²) in [6.45, 7) is 4.06. The number of benzene rings is 2. The third-order valence-electron chi connectivity index (χ3n) is 3.56. The molecule has 0 saturated heterocycles. The van der Waals surface area contributed by atoms with Gasteiger partial charge < -0.3 is 20.5 Å². The van der Waals surface area contributed by atoms with Crippen LogP contribution in [-0.2, 0) is 0 Å². The molecule has 2 aromatic carbocycles. The van der Waals surface area contributed by atoms with Gasteiger partial charge in [-0.3, -0.25) is 0 Å². The predicted molar refractivity (Wildman–Crippen MR) is 95.2 cm³/mol. The number of para-hydroxylation sites is 2. The number of ether oxygens (including phenoxy) is 1. The lowest BCUT2D eigenvalue weighted by molar-refractivity contribution is 0.184. The van der Waals surface area contributed by atoms with E-state index < -0.39 is 6.10 Å². The number of aliphatic hydroxyl groups is 1. The van der Waals surface area contributed by atoms with Gasteiger partial charge in [0.25, 0.3) is 0 Å². The van der Waals surface area contributed by atoms with Crippen LogP contribution >= 0.6 is 0 Å². The molecule has 0 saturated carbocycles. The Bertz CT molecular complexity index is 644. The number of nitrogens with one attached hydrogen (secondary N) is 2. The molecule has 2 amide bonds. The molecule has 0 aliphatic heterocycles. The van der Waals surface area contributed by atoms with Crippen LogP contribution in [0.25, 0.3) is 0 Å². The zero-order chi connectivity index (χ0) is 17.4. The highest BCUT2D eigenvalue weighted by molar-refractivity contribution is 5.90. The number of hydrogen-bond donors (Lipinski definition) is 3. The summed E-state index contributed by atoms with van der Waals surface area (Å²) < 4.78 is 5.99. The monoisotopic (exact) mass is 328 g/mol. The minimum absolute atomic E-state index is 0.132. The second kappa shape index (κ2) is 8.93. The average Bonchev–Trinajstić information content (AvgIpc) is 2.57. The average molecular weight is 328 g/mol. The number of urea groups is 1. The van der Waals surface area contributed by atoms with Crippen LogP contribution in [-0.4, -0.2) is 23.8 Å². The fraction of sp³-hybridized carbons (Fsp3) is 0.316. The van der Waals surface area contributed by atoms with Gasteiger partial charge in [0.05, 0.1) is 11.8 Å². The van der Waals surface area contributed by atoms with Gasteiger partial charge in [0.1, 0.15) is 11.9 Å². The van der Waals surface area contributed by atoms with Crippen molar-refractivity contribution in [2.24, 2.45) is 0 Å². The molecule has 2 atom stereocenters. The van der Waals surface area contributed by atoms with E-state index in [2.05, 4.69) is 10.6 Å². The van der Waals surface area contributed by atoms with Gasteiger partial charge in [-0.05, 0) is 38.0 Å². The van der Waals surface area contributed by atoms with Crippen LogP contribution in [0.2, 0.25) is 0 Å². The lowest BCUT2D eigenvalue weighted by Crippen LogP contribution is -2.31. The first-order valence-electron chi connectivity index (χ1n) is 8.10. The maximum absolute atomic E-state index is 11.9. The molecule has 0 aliphatic rings. The lowest BCUT2D eigenvalue weighted by atomic mass is 10.1. The van der Waals surface area contributed by atoms with Crippen LogP contribution in [0.4, 0.5) is 10.5 Å². The molecule has 5 nitrogen and oxygen atoms in total. The maximum Gasteiger partial charge on any atom is 0.319 e. The molecular weight excluding hydrogens is 304 g/mol. The second-order valence-electron chi connectivity index (χ2n) is 5.69. The molecule has 0 bridgehead atoms. The fourth-order valence-electron chi connectivity index (χ4n) is 2.22. The van der Waals surface area contributed by atoms with E-state index in [9.17, 15) is 9.90 Å². The van der Waals surface area contributed by atoms with E-state index in [1.807, 2.05) is 55.5 Å². The molecule has 128 valence electrons. The van der Waals surface area contributed by atoms with Crippen molar-refractivity contribution < 1.29 is 14.6 Å². The molecule has 0 aliphatic carbocycles. The highest BCUT2D eigenvalue weighted by atomic mass is 16.5. The SMILES string of the molecule is CC(O)CCNC(=O)Nc1ccccc1OC(C)c1ccccc1. The summed E-state index contributed by atoms with van der Waals surface area (Å²) in [5.41, 5.74) is 1.67. The minimum Gasteiger partial charge on any atom is -0.484 e. The molecule has 0 aromatic heterocycles. The summed E-state index contributed by atoms with van der Waals surface area (Å²) in [5, 5.41) is 14.7. The standard InChI is InChI=1S/C19H24N2O3/c1-14(22)12-13-20-19(23)21-17-10-6-7-11-18(17)24-15(2)16-8-4-3-5-9-16/h3-11,14-15,22H,12-13H2,1-2H3,(H2,20,21,23). The summed E-state index contributed by atoms with van der Waals surface area (Å²) in [4.78, 5) is 11.9. The van der Waals surface area contributed by atoms with Crippen LogP contribution < -0.4 is 15.4 Å². The predicted octanol–water partition coefficient (Wildman–Crippen LogP) is 3.72. The molecule has 3 N–H and O–H groups in total. The molecule has 5 heteroatoms. The summed E-state index contributed by atoms with van der Waals surface area (Å²) in [6.07, 6.45) is -0.0588. The molecule has 2 unspecified atom stereocenters. The number of amides is 2. The molecule has 0 radical (unpaired) electrons. The van der Waals surface area contributed by atoms with Gasteiger partial charge in [0.15, 0.2) is 0 Å². The maximum atomic E-state index is 11.9. The molecule has 24 heavy (non-hydrogen) atoms. The van der Waals surface area contributed by atoms with E-state index in [4.69, 9.17) is 4.74 Å². The number of aliphatic hydroxyl groups excluding tert-OH is 1. The second-order valence-corrected chi connectivity index (χ2v) is 5.69. The molecule has 0 spiro atoms. The molecule has 2 rings (SSSR count). The van der Waals surface area contributed by atoms with Crippen molar-refractivity contribution in [3.63, 3.8) is 0 Å². The van der Waals surface area contributed by atoms with Gasteiger partial charge in [-0.1, -0.05) is 42.5 Å². The number of hydrogen-bond acceptors (Lipinski definition) is 3. The van der Waals surface area contributed by atoms with Crippen molar-refractivity contribution >= 4 is 11.7 Å². The minimum atomic E-state index is -0.437. The Morgan fingerprint density at radius 3 is 2.46 bits per heavy atom. The highest BCUT2D eigenvalue weighted by Gasteiger charge is 2.11. The first kappa shape index (κ1) is 17.8. The Morgan fingerprint density at radius 1 is 1.08 bits per heavy atom. The summed E-state index contributed by atoms with van der Waals surface area (Å²) in [7, 11) is 0. The quantitative estimate of drug-likeness (QED) is 0.725. The van der Waals surface area contributed by atoms with Gasteiger partial charge in [0, 0.05) is 6.54 Å². The Kier molecular flexibility index (Phi) is 6.63. The topological polar surface area (TPSA) is 70.6 Å². The molecular formula is C19H24N2O3. The third-order valence-corrected chi connectivity index (χ3v) is 3.56. The van der Waals surface area contributed by atoms with E-state index in [-0.39, 0.29) is 12.1 Å². The molecule has 2 aromatic rings. The van der Waals surface area contributed by atoms with Crippen molar-refractivity contribution in [3.05, 3.63) is 60.2 Å². The molecule has 0 heterocycles. The summed E-state index contributed by atoms with van der Waals surface area (Å²) in [5.74, 6) is 0.611. The smallest absolute Gasteiger partial charge is 0.319 e. The first-order chi connectivity index (χ1) is 11.6. The third kappa shape index (κ3) is 5.59. The Labute approximate surface area is 142 Å². The molecule has 0 fully saturated rings. The van der Waals surface area contributed by atoms with E-state index >= 15 is 0 Å². The Balaban J connectivity index is 1.98. The van der Waals surface area contributed by atoms with E-state index in [0.29, 0.717) is 24.4 Å². The number of anilines is 1. The van der Waals surface area contributed by atoms with E-state index in [1.165, 1.54) is 0 Å². The first-order valence-corrected chi connectivity index (χ1v) is 8.10. The summed E-state index contributed by atoms with van der Waals surface area (Å²) in [6, 6.07) is 16.9. The summed E-state index contributed by atoms with van der Waals surface area (Å²) >= 11 is 0. The highest BCUT2D eigenvalue weighted by Crippen LogP contribution is 2.28. The Hall–Kier alpha value is -2.53. The van der Waals surface area contributed by atoms with Crippen LogP contribution in [0.3, 0.4) is 0 Å². The zero-order valence-corrected chi connectivity index (χ0v) is 14.0. The van der Waals surface area contributed by atoms with Gasteiger partial charge >= 0.3 is 6.03 Å². The Morgan fingerprint density at radius 2 is 1.75 bits per heavy atom. The number of rotatable bonds is 7. The number of carbonyl (C=O) groups excluding carboxylic acids is 1. The van der Waals surface area contributed by atoms with Crippen molar-refractivity contribution in [3.8, 4) is 5.75 Å². The van der Waals surface area contributed by atoms with Gasteiger partial charge in [-0.25, -0.2) is 4.79 Å². The number of carbonyl (C=O) groups is 1. The van der Waals surface area contributed by atoms with Crippen LogP contribution in [0.1, 0.15) is 31.9 Å². The van der Waals surface area contributed by atoms with Crippen LogP contribution in [0.5, 0.6) is 5.75 Å². The van der Waals surface area contributed by atoms with E-state index in [0.717, 1.165) is 5.56 Å². The van der Waals surface area contributed by atoms with E-state index in [1.54, 1.807) is 13.0 Å². The zero-order valence-electron chi connectivity index (χ0n) is 14.0. The van der Waals surface area contributed by atoms with Gasteiger partial charge in [-0.15, -0.1) is 0 Å². The van der Waals surface area contributed by atoms with Crippen molar-refractivity contribution in [2.75, 3.05) is 11.9 Å². The van der Waals surface area contributed by atoms with Gasteiger partial charge in [-0.2, -0.15) is 0 Å². The van der Waals surface area contributed by atoms with Crippen molar-refractivity contribution in [2.45, 2.75) is 32.5 Å². The normalized spacial score (nSPS) is 13.0. The van der Waals surface area contributed by atoms with Crippen LogP contribution in [0.15, 0.2) is 54.6 Å². The lowest BCUT2D eigenvalue weighted by Gasteiger charge is -2.18. The fourth-order valence-corrected chi connectivity index (χ4v) is 2.22. The van der Waals surface area contributed by atoms with Crippen molar-refractivity contribution in [1.29, 1.82) is 0 Å².